The number of likely N-dealkylation sites (tertiary alicyclic amines) is 1. The molecule has 4 rings (SSSR count). The van der Waals surface area contributed by atoms with Crippen molar-refractivity contribution >= 4 is 11.0 Å². The van der Waals surface area contributed by atoms with Gasteiger partial charge in [0.25, 0.3) is 0 Å². The molecule has 0 radical (unpaired) electrons. The third kappa shape index (κ3) is 2.70. The fourth-order valence-corrected chi connectivity index (χ4v) is 3.79. The first kappa shape index (κ1) is 15.3. The van der Waals surface area contributed by atoms with E-state index in [0.29, 0.717) is 5.92 Å². The van der Waals surface area contributed by atoms with Crippen LogP contribution in [0.2, 0.25) is 0 Å². The average Bonchev–Trinajstić information content (AvgIpc) is 3.08. The molecule has 3 aromatic rings. The van der Waals surface area contributed by atoms with Gasteiger partial charge in [0.2, 0.25) is 0 Å². The summed E-state index contributed by atoms with van der Waals surface area (Å²) in [5.74, 6) is 0.406. The minimum atomic E-state index is 0.184. The second kappa shape index (κ2) is 6.00. The van der Waals surface area contributed by atoms with Crippen molar-refractivity contribution in [3.63, 3.8) is 0 Å². The van der Waals surface area contributed by atoms with Crippen molar-refractivity contribution in [2.24, 2.45) is 12.8 Å². The first-order valence-corrected chi connectivity index (χ1v) is 8.43. The number of fused-ring (bicyclic) bond motifs is 1. The molecule has 1 aliphatic rings. The second-order valence-corrected chi connectivity index (χ2v) is 6.80. The van der Waals surface area contributed by atoms with Crippen molar-refractivity contribution in [3.8, 4) is 0 Å². The van der Waals surface area contributed by atoms with Crippen LogP contribution in [0.5, 0.6) is 0 Å². The minimum Gasteiger partial charge on any atom is -0.326 e. The summed E-state index contributed by atoms with van der Waals surface area (Å²) in [6, 6.07) is 13.0. The van der Waals surface area contributed by atoms with Crippen molar-refractivity contribution in [1.29, 1.82) is 0 Å². The zero-order valence-corrected chi connectivity index (χ0v) is 14.2. The average molecular weight is 321 g/mol. The lowest BCUT2D eigenvalue weighted by Gasteiger charge is -2.16. The molecule has 1 aromatic carbocycles. The van der Waals surface area contributed by atoms with Gasteiger partial charge in [-0.15, -0.1) is 0 Å². The molecule has 0 saturated carbocycles. The molecule has 0 bridgehead atoms. The van der Waals surface area contributed by atoms with E-state index in [1.54, 1.807) is 0 Å². The van der Waals surface area contributed by atoms with E-state index in [2.05, 4.69) is 51.4 Å². The van der Waals surface area contributed by atoms with Crippen molar-refractivity contribution in [2.75, 3.05) is 13.1 Å². The lowest BCUT2D eigenvalue weighted by atomic mass is 9.95. The van der Waals surface area contributed by atoms with Crippen LogP contribution in [0.1, 0.15) is 22.7 Å². The summed E-state index contributed by atoms with van der Waals surface area (Å²) in [5, 5.41) is 5.58. The Balaban J connectivity index is 1.53. The number of nitrogens with zero attached hydrogens (tertiary/aromatic N) is 4. The monoisotopic (exact) mass is 321 g/mol. The molecule has 1 aliphatic heterocycles. The highest BCUT2D eigenvalue weighted by molar-refractivity contribution is 5.78. The lowest BCUT2D eigenvalue weighted by Crippen LogP contribution is -2.28. The quantitative estimate of drug-likeness (QED) is 0.803. The highest BCUT2D eigenvalue weighted by Crippen LogP contribution is 2.27. The van der Waals surface area contributed by atoms with Gasteiger partial charge in [0, 0.05) is 50.2 Å². The number of hydrogen-bond acceptors (Lipinski definition) is 4. The van der Waals surface area contributed by atoms with Crippen LogP contribution in [0.15, 0.2) is 42.6 Å². The van der Waals surface area contributed by atoms with E-state index in [-0.39, 0.29) is 6.04 Å². The summed E-state index contributed by atoms with van der Waals surface area (Å²) < 4.78 is 1.84. The van der Waals surface area contributed by atoms with E-state index in [9.17, 15) is 0 Å². The van der Waals surface area contributed by atoms with Gasteiger partial charge in [0.05, 0.1) is 5.69 Å². The molecule has 0 spiro atoms. The summed E-state index contributed by atoms with van der Waals surface area (Å²) in [6.45, 7) is 4.83. The molecule has 3 heterocycles. The van der Waals surface area contributed by atoms with Gasteiger partial charge in [-0.3, -0.25) is 9.58 Å². The first-order valence-electron chi connectivity index (χ1n) is 8.43. The van der Waals surface area contributed by atoms with Gasteiger partial charge in [-0.25, -0.2) is 4.98 Å². The van der Waals surface area contributed by atoms with Crippen LogP contribution in [0.4, 0.5) is 0 Å². The topological polar surface area (TPSA) is 60.0 Å². The normalized spacial score (nSPS) is 21.6. The molecule has 0 amide bonds. The summed E-state index contributed by atoms with van der Waals surface area (Å²) >= 11 is 0. The Morgan fingerprint density at radius 2 is 2.00 bits per heavy atom. The zero-order valence-electron chi connectivity index (χ0n) is 14.2. The van der Waals surface area contributed by atoms with E-state index in [1.165, 1.54) is 11.1 Å². The Morgan fingerprint density at radius 3 is 2.79 bits per heavy atom. The Morgan fingerprint density at radius 1 is 1.21 bits per heavy atom. The lowest BCUT2D eigenvalue weighted by molar-refractivity contribution is 0.323. The Kier molecular flexibility index (Phi) is 3.82. The number of aryl methyl sites for hydroxylation is 2. The number of hydrogen-bond donors (Lipinski definition) is 1. The number of aromatic nitrogens is 3. The number of benzene rings is 1. The smallest absolute Gasteiger partial charge is 0.157 e. The molecular weight excluding hydrogens is 298 g/mol. The largest absolute Gasteiger partial charge is 0.326 e. The van der Waals surface area contributed by atoms with Crippen LogP contribution < -0.4 is 5.73 Å². The Labute approximate surface area is 142 Å². The van der Waals surface area contributed by atoms with E-state index in [4.69, 9.17) is 5.73 Å². The molecule has 5 heteroatoms. The van der Waals surface area contributed by atoms with E-state index in [0.717, 1.165) is 36.4 Å². The Bertz CT molecular complexity index is 855. The maximum Gasteiger partial charge on any atom is 0.157 e. The van der Waals surface area contributed by atoms with Gasteiger partial charge in [-0.2, -0.15) is 5.10 Å². The Hall–Kier alpha value is -2.24. The van der Waals surface area contributed by atoms with Gasteiger partial charge in [-0.1, -0.05) is 30.3 Å². The number of nitrogens with two attached hydrogens (primary N) is 1. The SMILES string of the molecule is Cc1nn(C)c2ncc(CN3C[C@@H](N)[C@H](c4ccccc4)C3)cc12. The van der Waals surface area contributed by atoms with Crippen molar-refractivity contribution in [1.82, 2.24) is 19.7 Å². The number of rotatable bonds is 3. The molecule has 1 fully saturated rings. The predicted molar refractivity (Wildman–Crippen MR) is 95.7 cm³/mol. The minimum absolute atomic E-state index is 0.184. The van der Waals surface area contributed by atoms with Crippen LogP contribution in [0, 0.1) is 6.92 Å². The third-order valence-corrected chi connectivity index (χ3v) is 4.99. The van der Waals surface area contributed by atoms with Crippen LogP contribution >= 0.6 is 0 Å². The molecular formula is C19H23N5. The highest BCUT2D eigenvalue weighted by atomic mass is 15.3. The molecule has 2 atom stereocenters. The van der Waals surface area contributed by atoms with Gasteiger partial charge >= 0.3 is 0 Å². The first-order chi connectivity index (χ1) is 11.6. The van der Waals surface area contributed by atoms with E-state index < -0.39 is 0 Å². The molecule has 124 valence electrons. The molecule has 2 N–H and O–H groups in total. The van der Waals surface area contributed by atoms with Crippen LogP contribution in [0.3, 0.4) is 0 Å². The van der Waals surface area contributed by atoms with Gasteiger partial charge in [0.1, 0.15) is 0 Å². The van der Waals surface area contributed by atoms with Crippen LogP contribution in [-0.2, 0) is 13.6 Å². The molecule has 0 unspecified atom stereocenters. The molecule has 0 aliphatic carbocycles. The third-order valence-electron chi connectivity index (χ3n) is 4.99. The second-order valence-electron chi connectivity index (χ2n) is 6.80. The highest BCUT2D eigenvalue weighted by Gasteiger charge is 2.31. The molecule has 5 nitrogen and oxygen atoms in total. The van der Waals surface area contributed by atoms with Crippen molar-refractivity contribution in [3.05, 3.63) is 59.4 Å². The summed E-state index contributed by atoms with van der Waals surface area (Å²) in [6.07, 6.45) is 1.96. The molecule has 24 heavy (non-hydrogen) atoms. The standard InChI is InChI=1S/C19H23N5/c1-13-16-8-14(9-21-19(16)23(2)22-13)10-24-11-17(18(20)12-24)15-6-4-3-5-7-15/h3-9,17-18H,10-12,20H2,1-2H3/t17-,18+/m0/s1. The van der Waals surface area contributed by atoms with Crippen LogP contribution in [-0.4, -0.2) is 38.8 Å². The summed E-state index contributed by atoms with van der Waals surface area (Å²) in [7, 11) is 1.94. The molecule has 1 saturated heterocycles. The summed E-state index contributed by atoms with van der Waals surface area (Å²) in [4.78, 5) is 7.01. The summed E-state index contributed by atoms with van der Waals surface area (Å²) in [5.41, 5.74) is 10.9. The molecule has 2 aromatic heterocycles. The van der Waals surface area contributed by atoms with Gasteiger partial charge in [0.15, 0.2) is 5.65 Å². The van der Waals surface area contributed by atoms with Gasteiger partial charge < -0.3 is 5.73 Å². The zero-order chi connectivity index (χ0) is 16.7. The van der Waals surface area contributed by atoms with Crippen molar-refractivity contribution < 1.29 is 0 Å². The fraction of sp³-hybridized carbons (Fsp3) is 0.368. The number of pyridine rings is 1. The maximum absolute atomic E-state index is 6.40. The van der Waals surface area contributed by atoms with E-state index >= 15 is 0 Å². The predicted octanol–water partition coefficient (Wildman–Crippen LogP) is 2.20. The maximum atomic E-state index is 6.40. The van der Waals surface area contributed by atoms with E-state index in [1.807, 2.05) is 24.9 Å². The van der Waals surface area contributed by atoms with Crippen molar-refractivity contribution in [2.45, 2.75) is 25.4 Å². The fourth-order valence-electron chi connectivity index (χ4n) is 3.79. The van der Waals surface area contributed by atoms with Gasteiger partial charge in [-0.05, 0) is 24.1 Å². The van der Waals surface area contributed by atoms with Crippen LogP contribution in [0.25, 0.3) is 11.0 Å².